The number of carbonyl (C=O) groups excluding carboxylic acids is 3. The lowest BCUT2D eigenvalue weighted by atomic mass is 9.85. The number of amides is 3. The zero-order valence-corrected chi connectivity index (χ0v) is 13.2. The molecule has 0 radical (unpaired) electrons. The molecule has 1 aromatic heterocycles. The van der Waals surface area contributed by atoms with Gasteiger partial charge in [-0.25, -0.2) is 0 Å². The van der Waals surface area contributed by atoms with Gasteiger partial charge in [-0.05, 0) is 35.2 Å². The van der Waals surface area contributed by atoms with E-state index in [1.165, 1.54) is 0 Å². The molecule has 2 heterocycles. The van der Waals surface area contributed by atoms with E-state index >= 15 is 0 Å². The SMILES string of the molecule is CN(Cc1ccsc1)C(=O)CN1C(=O)C2CC=CCC2C1=O. The third-order valence-corrected chi connectivity index (χ3v) is 5.05. The summed E-state index contributed by atoms with van der Waals surface area (Å²) in [5.74, 6) is -1.15. The molecule has 2 aliphatic rings. The van der Waals surface area contributed by atoms with Crippen LogP contribution in [0.1, 0.15) is 18.4 Å². The smallest absolute Gasteiger partial charge is 0.242 e. The van der Waals surface area contributed by atoms with Gasteiger partial charge in [0.2, 0.25) is 17.7 Å². The Kier molecular flexibility index (Phi) is 4.11. The van der Waals surface area contributed by atoms with Crippen molar-refractivity contribution in [3.05, 3.63) is 34.5 Å². The van der Waals surface area contributed by atoms with E-state index in [9.17, 15) is 14.4 Å². The second-order valence-corrected chi connectivity index (χ2v) is 6.58. The zero-order chi connectivity index (χ0) is 15.7. The summed E-state index contributed by atoms with van der Waals surface area (Å²) in [6.45, 7) is 0.346. The van der Waals surface area contributed by atoms with E-state index < -0.39 is 0 Å². The molecule has 0 bridgehead atoms. The summed E-state index contributed by atoms with van der Waals surface area (Å²) >= 11 is 1.58. The topological polar surface area (TPSA) is 57.7 Å². The summed E-state index contributed by atoms with van der Waals surface area (Å²) in [7, 11) is 1.69. The largest absolute Gasteiger partial charge is 0.340 e. The molecule has 1 saturated heterocycles. The third-order valence-electron chi connectivity index (χ3n) is 4.32. The molecule has 1 aromatic rings. The van der Waals surface area contributed by atoms with Gasteiger partial charge in [0.25, 0.3) is 0 Å². The Morgan fingerprint density at radius 2 is 1.91 bits per heavy atom. The highest BCUT2D eigenvalue weighted by molar-refractivity contribution is 7.07. The number of hydrogen-bond acceptors (Lipinski definition) is 4. The Labute approximate surface area is 133 Å². The lowest BCUT2D eigenvalue weighted by Crippen LogP contribution is -2.41. The van der Waals surface area contributed by atoms with E-state index in [2.05, 4.69) is 0 Å². The molecule has 3 amide bonds. The molecule has 0 aromatic carbocycles. The minimum Gasteiger partial charge on any atom is -0.340 e. The highest BCUT2D eigenvalue weighted by Crippen LogP contribution is 2.34. The van der Waals surface area contributed by atoms with Crippen LogP contribution in [0, 0.1) is 11.8 Å². The van der Waals surface area contributed by atoms with Crippen LogP contribution in [0.4, 0.5) is 0 Å². The first kappa shape index (κ1) is 15.0. The average Bonchev–Trinajstić information content (AvgIpc) is 3.10. The number of rotatable bonds is 4. The average molecular weight is 318 g/mol. The van der Waals surface area contributed by atoms with Crippen LogP contribution in [0.5, 0.6) is 0 Å². The number of likely N-dealkylation sites (N-methyl/N-ethyl adjacent to an activating group) is 1. The Morgan fingerprint density at radius 3 is 2.45 bits per heavy atom. The zero-order valence-electron chi connectivity index (χ0n) is 12.4. The van der Waals surface area contributed by atoms with Crippen LogP contribution >= 0.6 is 11.3 Å². The summed E-state index contributed by atoms with van der Waals surface area (Å²) in [6, 6.07) is 1.96. The predicted molar refractivity (Wildman–Crippen MR) is 82.9 cm³/mol. The molecule has 1 fully saturated rings. The van der Waals surface area contributed by atoms with Crippen molar-refractivity contribution in [3.8, 4) is 0 Å². The van der Waals surface area contributed by atoms with Gasteiger partial charge in [-0.3, -0.25) is 19.3 Å². The van der Waals surface area contributed by atoms with Crippen LogP contribution in [0.15, 0.2) is 29.0 Å². The highest BCUT2D eigenvalue weighted by atomic mass is 32.1. The van der Waals surface area contributed by atoms with Gasteiger partial charge >= 0.3 is 0 Å². The van der Waals surface area contributed by atoms with Gasteiger partial charge in [0.05, 0.1) is 11.8 Å². The number of fused-ring (bicyclic) bond motifs is 1. The first-order valence-electron chi connectivity index (χ1n) is 7.33. The summed E-state index contributed by atoms with van der Waals surface area (Å²) in [5.41, 5.74) is 1.05. The fraction of sp³-hybridized carbons (Fsp3) is 0.438. The van der Waals surface area contributed by atoms with Crippen molar-refractivity contribution < 1.29 is 14.4 Å². The van der Waals surface area contributed by atoms with Crippen molar-refractivity contribution in [1.29, 1.82) is 0 Å². The minimum absolute atomic E-state index is 0.148. The van der Waals surface area contributed by atoms with Crippen LogP contribution in [0.3, 0.4) is 0 Å². The fourth-order valence-corrected chi connectivity index (χ4v) is 3.69. The van der Waals surface area contributed by atoms with Gasteiger partial charge in [0.15, 0.2) is 0 Å². The van der Waals surface area contributed by atoms with Crippen molar-refractivity contribution in [2.24, 2.45) is 11.8 Å². The summed E-state index contributed by atoms with van der Waals surface area (Å²) < 4.78 is 0. The molecular formula is C16H18N2O3S. The van der Waals surface area contributed by atoms with Crippen molar-refractivity contribution in [2.75, 3.05) is 13.6 Å². The molecular weight excluding hydrogens is 300 g/mol. The quantitative estimate of drug-likeness (QED) is 0.627. The Hall–Kier alpha value is -1.95. The lowest BCUT2D eigenvalue weighted by Gasteiger charge is -2.20. The van der Waals surface area contributed by atoms with Crippen molar-refractivity contribution >= 4 is 29.1 Å². The maximum absolute atomic E-state index is 12.3. The Bertz CT molecular complexity index is 597. The van der Waals surface area contributed by atoms with Gasteiger partial charge < -0.3 is 4.90 Å². The first-order chi connectivity index (χ1) is 10.6. The third kappa shape index (κ3) is 2.70. The lowest BCUT2D eigenvalue weighted by molar-refractivity contribution is -0.146. The van der Waals surface area contributed by atoms with E-state index in [1.807, 2.05) is 29.0 Å². The number of carbonyl (C=O) groups is 3. The number of imide groups is 1. The van der Waals surface area contributed by atoms with Crippen LogP contribution in [-0.2, 0) is 20.9 Å². The van der Waals surface area contributed by atoms with E-state index in [4.69, 9.17) is 0 Å². The van der Waals surface area contributed by atoms with E-state index in [0.29, 0.717) is 19.4 Å². The van der Waals surface area contributed by atoms with Gasteiger partial charge in [-0.1, -0.05) is 12.2 Å². The van der Waals surface area contributed by atoms with Crippen molar-refractivity contribution in [1.82, 2.24) is 9.80 Å². The molecule has 1 aliphatic carbocycles. The van der Waals surface area contributed by atoms with Gasteiger partial charge in [0, 0.05) is 13.6 Å². The number of thiophene rings is 1. The van der Waals surface area contributed by atoms with Crippen LogP contribution in [-0.4, -0.2) is 41.1 Å². The molecule has 0 N–H and O–H groups in total. The number of nitrogens with zero attached hydrogens (tertiary/aromatic N) is 2. The van der Waals surface area contributed by atoms with E-state index in [0.717, 1.165) is 10.5 Å². The van der Waals surface area contributed by atoms with Gasteiger partial charge in [-0.2, -0.15) is 11.3 Å². The molecule has 2 atom stereocenters. The predicted octanol–water partition coefficient (Wildman–Crippen LogP) is 1.66. The monoisotopic (exact) mass is 318 g/mol. The first-order valence-corrected chi connectivity index (χ1v) is 8.27. The second-order valence-electron chi connectivity index (χ2n) is 5.80. The van der Waals surface area contributed by atoms with Gasteiger partial charge in [-0.15, -0.1) is 0 Å². The van der Waals surface area contributed by atoms with Crippen molar-refractivity contribution in [3.63, 3.8) is 0 Å². The summed E-state index contributed by atoms with van der Waals surface area (Å²) in [5, 5.41) is 3.94. The molecule has 0 saturated carbocycles. The maximum Gasteiger partial charge on any atom is 0.242 e. The highest BCUT2D eigenvalue weighted by Gasteiger charge is 2.47. The number of hydrogen-bond donors (Lipinski definition) is 0. The Balaban J connectivity index is 1.64. The van der Waals surface area contributed by atoms with Crippen LogP contribution in [0.25, 0.3) is 0 Å². The molecule has 3 rings (SSSR count). The second kappa shape index (κ2) is 6.04. The van der Waals surface area contributed by atoms with Crippen LogP contribution in [0.2, 0.25) is 0 Å². The summed E-state index contributed by atoms with van der Waals surface area (Å²) in [4.78, 5) is 39.7. The molecule has 116 valence electrons. The fourth-order valence-electron chi connectivity index (χ4n) is 3.03. The number of allylic oxidation sites excluding steroid dienone is 2. The minimum atomic E-state index is -0.271. The van der Waals surface area contributed by atoms with Crippen LogP contribution < -0.4 is 0 Å². The van der Waals surface area contributed by atoms with Gasteiger partial charge in [0.1, 0.15) is 6.54 Å². The molecule has 22 heavy (non-hydrogen) atoms. The maximum atomic E-state index is 12.3. The van der Waals surface area contributed by atoms with Crippen molar-refractivity contribution in [2.45, 2.75) is 19.4 Å². The van der Waals surface area contributed by atoms with E-state index in [1.54, 1.807) is 23.3 Å². The molecule has 2 unspecified atom stereocenters. The summed E-state index contributed by atoms with van der Waals surface area (Å²) in [6.07, 6.45) is 5.09. The normalized spacial score (nSPS) is 23.8. The molecule has 1 aliphatic heterocycles. The van der Waals surface area contributed by atoms with E-state index in [-0.39, 0.29) is 36.1 Å². The molecule has 5 nitrogen and oxygen atoms in total. The Morgan fingerprint density at radius 1 is 1.27 bits per heavy atom. The standard InChI is InChI=1S/C16H18N2O3S/c1-17(8-11-6-7-22-10-11)14(19)9-18-15(20)12-4-2-3-5-13(12)16(18)21/h2-3,6-7,10,12-13H,4-5,8-9H2,1H3. The molecule has 0 spiro atoms. The molecule has 6 heteroatoms. The number of likely N-dealkylation sites (tertiary alicyclic amines) is 1.